The summed E-state index contributed by atoms with van der Waals surface area (Å²) in [6, 6.07) is 12.1. The summed E-state index contributed by atoms with van der Waals surface area (Å²) in [7, 11) is 0. The number of benzene rings is 2. The first-order valence-corrected chi connectivity index (χ1v) is 13.3. The number of hydrogen-bond acceptors (Lipinski definition) is 4. The van der Waals surface area contributed by atoms with E-state index in [0.717, 1.165) is 37.7 Å². The molecule has 4 aliphatic rings. The van der Waals surface area contributed by atoms with Crippen molar-refractivity contribution in [2.75, 3.05) is 4.90 Å². The topological polar surface area (TPSA) is 87.2 Å². The van der Waals surface area contributed by atoms with Crippen LogP contribution >= 0.6 is 0 Å². The lowest BCUT2D eigenvalue weighted by atomic mass is 9.81. The molecule has 1 aliphatic heterocycles. The highest BCUT2D eigenvalue weighted by Crippen LogP contribution is 2.53. The number of rotatable bonds is 6. The summed E-state index contributed by atoms with van der Waals surface area (Å²) < 4.78 is 20.6. The van der Waals surface area contributed by atoms with Gasteiger partial charge in [-0.3, -0.25) is 14.5 Å². The van der Waals surface area contributed by atoms with Gasteiger partial charge >= 0.3 is 12.1 Å². The highest BCUT2D eigenvalue weighted by Gasteiger charge is 2.52. The van der Waals surface area contributed by atoms with E-state index in [1.807, 2.05) is 17.0 Å². The molecule has 0 radical (unpaired) electrons. The fraction of sp³-hybridized carbons (Fsp3) is 0.483. The van der Waals surface area contributed by atoms with Crippen molar-refractivity contribution in [2.24, 2.45) is 5.92 Å². The third kappa shape index (κ3) is 4.47. The minimum absolute atomic E-state index is 0.0133. The first-order valence-electron chi connectivity index (χ1n) is 13.3. The zero-order valence-corrected chi connectivity index (χ0v) is 20.6. The quantitative estimate of drug-likeness (QED) is 0.595. The van der Waals surface area contributed by atoms with E-state index in [1.165, 1.54) is 23.3 Å². The van der Waals surface area contributed by atoms with Gasteiger partial charge in [0.2, 0.25) is 5.91 Å². The number of ether oxygens (including phenoxy) is 1. The maximum atomic E-state index is 14.6. The number of carbonyl (C=O) groups is 3. The molecule has 2 saturated carbocycles. The van der Waals surface area contributed by atoms with Crippen LogP contribution in [0.15, 0.2) is 42.5 Å². The summed E-state index contributed by atoms with van der Waals surface area (Å²) in [5, 5.41) is 9.15. The van der Waals surface area contributed by atoms with Crippen LogP contribution in [-0.4, -0.2) is 46.2 Å². The van der Waals surface area contributed by atoms with Crippen LogP contribution in [0, 0.1) is 11.7 Å². The number of nitrogens with zero attached hydrogens (tertiary/aromatic N) is 2. The molecular weight excluding hydrogens is 475 g/mol. The number of carbonyl (C=O) groups excluding carboxylic acids is 2. The van der Waals surface area contributed by atoms with Crippen molar-refractivity contribution in [3.8, 4) is 0 Å². The summed E-state index contributed by atoms with van der Waals surface area (Å²) in [6.07, 6.45) is 4.53. The highest BCUT2D eigenvalue weighted by molar-refractivity contribution is 5.91. The van der Waals surface area contributed by atoms with Crippen molar-refractivity contribution >= 4 is 23.7 Å². The van der Waals surface area contributed by atoms with Crippen LogP contribution in [0.2, 0.25) is 0 Å². The van der Waals surface area contributed by atoms with Gasteiger partial charge in [-0.15, -0.1) is 0 Å². The lowest BCUT2D eigenvalue weighted by Gasteiger charge is -2.47. The molecule has 3 atom stereocenters. The van der Waals surface area contributed by atoms with E-state index in [1.54, 1.807) is 11.0 Å². The van der Waals surface area contributed by atoms with Crippen LogP contribution in [0.5, 0.6) is 0 Å². The van der Waals surface area contributed by atoms with Crippen LogP contribution in [0.4, 0.5) is 14.9 Å². The molecule has 3 aliphatic carbocycles. The van der Waals surface area contributed by atoms with E-state index in [-0.39, 0.29) is 48.9 Å². The number of carboxylic acid groups (broad SMARTS) is 1. The Labute approximate surface area is 215 Å². The zero-order valence-electron chi connectivity index (χ0n) is 20.6. The number of hydrogen-bond donors (Lipinski definition) is 1. The number of amides is 2. The summed E-state index contributed by atoms with van der Waals surface area (Å²) in [6.45, 7) is 0. The Kier molecular flexibility index (Phi) is 6.13. The maximum absolute atomic E-state index is 14.6. The molecule has 8 heteroatoms. The van der Waals surface area contributed by atoms with Crippen LogP contribution in [-0.2, 0) is 27.2 Å². The molecule has 2 fully saturated rings. The second kappa shape index (κ2) is 9.47. The zero-order chi connectivity index (χ0) is 25.7. The molecule has 2 aromatic rings. The molecule has 6 rings (SSSR count). The van der Waals surface area contributed by atoms with Crippen LogP contribution in [0.1, 0.15) is 67.7 Å². The minimum Gasteiger partial charge on any atom is -0.481 e. The largest absolute Gasteiger partial charge is 0.481 e. The van der Waals surface area contributed by atoms with Crippen molar-refractivity contribution in [3.63, 3.8) is 0 Å². The monoisotopic (exact) mass is 506 g/mol. The normalized spacial score (nSPS) is 24.2. The Balaban J connectivity index is 1.32. The van der Waals surface area contributed by atoms with E-state index in [9.17, 15) is 18.8 Å². The first kappa shape index (κ1) is 23.9. The molecule has 0 spiro atoms. The van der Waals surface area contributed by atoms with Gasteiger partial charge in [0.25, 0.3) is 0 Å². The first-order chi connectivity index (χ1) is 17.9. The van der Waals surface area contributed by atoms with Gasteiger partial charge < -0.3 is 14.7 Å². The van der Waals surface area contributed by atoms with Gasteiger partial charge in [0.15, 0.2) is 0 Å². The molecule has 3 unspecified atom stereocenters. The van der Waals surface area contributed by atoms with Gasteiger partial charge in [-0.05, 0) is 54.5 Å². The summed E-state index contributed by atoms with van der Waals surface area (Å²) in [5.41, 5.74) is 3.57. The Hall–Kier alpha value is -3.42. The van der Waals surface area contributed by atoms with E-state index < -0.39 is 17.9 Å². The second-order valence-corrected chi connectivity index (χ2v) is 10.8. The predicted molar refractivity (Wildman–Crippen MR) is 134 cm³/mol. The minimum atomic E-state index is -1.00. The van der Waals surface area contributed by atoms with Gasteiger partial charge in [-0.25, -0.2) is 9.18 Å². The Morgan fingerprint density at radius 1 is 1.00 bits per heavy atom. The van der Waals surface area contributed by atoms with Crippen LogP contribution in [0.3, 0.4) is 0 Å². The molecule has 0 bridgehead atoms. The third-order valence-electron chi connectivity index (χ3n) is 8.40. The van der Waals surface area contributed by atoms with Gasteiger partial charge in [0.05, 0.1) is 18.2 Å². The maximum Gasteiger partial charge on any atom is 0.414 e. The lowest BCUT2D eigenvalue weighted by Crippen LogP contribution is -2.53. The Morgan fingerprint density at radius 2 is 1.73 bits per heavy atom. The molecule has 0 saturated heterocycles. The van der Waals surface area contributed by atoms with Crippen molar-refractivity contribution in [2.45, 2.75) is 82.0 Å². The molecular formula is C29H31FN2O5. The Bertz CT molecular complexity index is 1220. The average Bonchev–Trinajstić information content (AvgIpc) is 3.43. The standard InChI is InChI=1S/C29H31FN2O5/c30-19-8-11-23-25(16-19)32(29(36)37-21-14-17-4-1-2-5-18(17)15-21)24-7-3-6-22(24)28(23)31(20-9-10-20)26(33)12-13-27(34)35/h1-2,4-5,8,11,16,20-22,24,28H,3,6-7,9-10,12-15H2,(H,34,35). The van der Waals surface area contributed by atoms with Gasteiger partial charge in [0, 0.05) is 37.3 Å². The number of halogens is 1. The van der Waals surface area contributed by atoms with E-state index in [0.29, 0.717) is 18.5 Å². The number of fused-ring (bicyclic) bond motifs is 3. The van der Waals surface area contributed by atoms with Gasteiger partial charge in [0.1, 0.15) is 11.9 Å². The molecule has 2 aromatic carbocycles. The number of aliphatic carboxylic acids is 1. The third-order valence-corrected chi connectivity index (χ3v) is 8.40. The molecule has 7 nitrogen and oxygen atoms in total. The molecule has 194 valence electrons. The van der Waals surface area contributed by atoms with Gasteiger partial charge in [-0.2, -0.15) is 0 Å². The molecule has 37 heavy (non-hydrogen) atoms. The summed E-state index contributed by atoms with van der Waals surface area (Å²) in [5.74, 6) is -1.65. The van der Waals surface area contributed by atoms with Crippen LogP contribution in [0.25, 0.3) is 0 Å². The predicted octanol–water partition coefficient (Wildman–Crippen LogP) is 5.02. The fourth-order valence-corrected chi connectivity index (χ4v) is 6.72. The second-order valence-electron chi connectivity index (χ2n) is 10.8. The van der Waals surface area contributed by atoms with Crippen molar-refractivity contribution in [1.82, 2.24) is 4.90 Å². The number of carboxylic acids is 1. The molecule has 1 N–H and O–H groups in total. The van der Waals surface area contributed by atoms with Crippen LogP contribution < -0.4 is 4.90 Å². The molecule has 1 heterocycles. The smallest absolute Gasteiger partial charge is 0.414 e. The van der Waals surface area contributed by atoms with Crippen molar-refractivity contribution < 1.29 is 28.6 Å². The summed E-state index contributed by atoms with van der Waals surface area (Å²) in [4.78, 5) is 41.7. The highest BCUT2D eigenvalue weighted by atomic mass is 19.1. The SMILES string of the molecule is O=C(O)CCC(=O)N(C1CC1)C1c2ccc(F)cc2N(C(=O)OC2Cc3ccccc3C2)C2CCCC21. The van der Waals surface area contributed by atoms with E-state index in [2.05, 4.69) is 12.1 Å². The Morgan fingerprint density at radius 3 is 2.41 bits per heavy atom. The molecule has 2 amide bonds. The lowest BCUT2D eigenvalue weighted by molar-refractivity contribution is -0.142. The summed E-state index contributed by atoms with van der Waals surface area (Å²) >= 11 is 0. The average molecular weight is 507 g/mol. The fourth-order valence-electron chi connectivity index (χ4n) is 6.72. The van der Waals surface area contributed by atoms with E-state index in [4.69, 9.17) is 9.84 Å². The number of anilines is 1. The van der Waals surface area contributed by atoms with Crippen molar-refractivity contribution in [3.05, 3.63) is 65.0 Å². The van der Waals surface area contributed by atoms with Gasteiger partial charge in [-0.1, -0.05) is 36.8 Å². The van der Waals surface area contributed by atoms with E-state index >= 15 is 0 Å². The molecule has 0 aromatic heterocycles. The van der Waals surface area contributed by atoms with Crippen molar-refractivity contribution in [1.29, 1.82) is 0 Å².